The molecule has 3 rings (SSSR count). The Morgan fingerprint density at radius 2 is 1.83 bits per heavy atom. The summed E-state index contributed by atoms with van der Waals surface area (Å²) in [5, 5.41) is 8.90. The third-order valence-corrected chi connectivity index (χ3v) is 4.90. The van der Waals surface area contributed by atoms with Crippen molar-refractivity contribution in [3.8, 4) is 17.6 Å². The van der Waals surface area contributed by atoms with Gasteiger partial charge in [-0.2, -0.15) is 5.26 Å². The van der Waals surface area contributed by atoms with E-state index in [0.717, 1.165) is 0 Å². The normalized spacial score (nSPS) is 13.2. The Morgan fingerprint density at radius 1 is 1.13 bits per heavy atom. The van der Waals surface area contributed by atoms with Crippen molar-refractivity contribution in [1.29, 1.82) is 5.26 Å². The Hall–Kier alpha value is -2.72. The van der Waals surface area contributed by atoms with Crippen LogP contribution in [0.15, 0.2) is 41.3 Å². The van der Waals surface area contributed by atoms with Crippen LogP contribution in [0.2, 0.25) is 0 Å². The van der Waals surface area contributed by atoms with Crippen molar-refractivity contribution < 1.29 is 17.9 Å². The molecule has 23 heavy (non-hydrogen) atoms. The third kappa shape index (κ3) is 3.07. The van der Waals surface area contributed by atoms with E-state index in [1.54, 1.807) is 31.2 Å². The van der Waals surface area contributed by atoms with Crippen LogP contribution in [-0.4, -0.2) is 21.6 Å². The first-order valence-electron chi connectivity index (χ1n) is 6.93. The van der Waals surface area contributed by atoms with Crippen molar-refractivity contribution in [2.24, 2.45) is 0 Å². The SMILES string of the molecule is Cc1cc2c(cc1S(=O)(=O)Nc1cccc(C#N)c1)OCCO2. The lowest BCUT2D eigenvalue weighted by molar-refractivity contribution is 0.171. The van der Waals surface area contributed by atoms with Crippen LogP contribution in [0.5, 0.6) is 11.5 Å². The molecule has 1 heterocycles. The summed E-state index contributed by atoms with van der Waals surface area (Å²) in [7, 11) is -3.80. The number of hydrogen-bond acceptors (Lipinski definition) is 5. The van der Waals surface area contributed by atoms with E-state index in [1.165, 1.54) is 12.1 Å². The zero-order valence-electron chi connectivity index (χ0n) is 12.4. The Kier molecular flexibility index (Phi) is 3.84. The van der Waals surface area contributed by atoms with E-state index in [-0.39, 0.29) is 4.90 Å². The molecule has 1 aliphatic rings. The fourth-order valence-electron chi connectivity index (χ4n) is 2.32. The number of fused-ring (bicyclic) bond motifs is 1. The molecular formula is C16H14N2O4S. The fraction of sp³-hybridized carbons (Fsp3) is 0.188. The van der Waals surface area contributed by atoms with Gasteiger partial charge in [-0.3, -0.25) is 4.72 Å². The zero-order valence-corrected chi connectivity index (χ0v) is 13.2. The largest absolute Gasteiger partial charge is 0.486 e. The number of nitrogens with one attached hydrogen (secondary N) is 1. The molecule has 6 nitrogen and oxygen atoms in total. The summed E-state index contributed by atoms with van der Waals surface area (Å²) in [6.45, 7) is 2.52. The van der Waals surface area contributed by atoms with E-state index >= 15 is 0 Å². The van der Waals surface area contributed by atoms with E-state index < -0.39 is 10.0 Å². The quantitative estimate of drug-likeness (QED) is 0.934. The van der Waals surface area contributed by atoms with E-state index in [1.807, 2.05) is 6.07 Å². The molecule has 0 aliphatic carbocycles. The second-order valence-corrected chi connectivity index (χ2v) is 6.71. The number of sulfonamides is 1. The molecule has 1 N–H and O–H groups in total. The Labute approximate surface area is 134 Å². The number of nitrogens with zero attached hydrogens (tertiary/aromatic N) is 1. The second kappa shape index (κ2) is 5.82. The molecule has 0 saturated heterocycles. The van der Waals surface area contributed by atoms with Crippen LogP contribution < -0.4 is 14.2 Å². The van der Waals surface area contributed by atoms with Crippen LogP contribution in [0.3, 0.4) is 0 Å². The Morgan fingerprint density at radius 3 is 2.52 bits per heavy atom. The molecule has 0 amide bonds. The summed E-state index contributed by atoms with van der Waals surface area (Å²) in [6.07, 6.45) is 0. The summed E-state index contributed by atoms with van der Waals surface area (Å²) in [5.41, 5.74) is 1.26. The second-order valence-electron chi connectivity index (χ2n) is 5.06. The van der Waals surface area contributed by atoms with Crippen LogP contribution in [0.4, 0.5) is 5.69 Å². The summed E-state index contributed by atoms with van der Waals surface area (Å²) in [4.78, 5) is 0.115. The van der Waals surface area contributed by atoms with Gasteiger partial charge in [0.25, 0.3) is 10.0 Å². The highest BCUT2D eigenvalue weighted by atomic mass is 32.2. The minimum absolute atomic E-state index is 0.115. The van der Waals surface area contributed by atoms with E-state index in [0.29, 0.717) is 41.5 Å². The highest BCUT2D eigenvalue weighted by Gasteiger charge is 2.22. The average molecular weight is 330 g/mol. The van der Waals surface area contributed by atoms with Gasteiger partial charge < -0.3 is 9.47 Å². The van der Waals surface area contributed by atoms with Crippen LogP contribution in [0.1, 0.15) is 11.1 Å². The Bertz CT molecular complexity index is 901. The highest BCUT2D eigenvalue weighted by Crippen LogP contribution is 2.35. The van der Waals surface area contributed by atoms with E-state index in [2.05, 4.69) is 4.72 Å². The summed E-state index contributed by atoms with van der Waals surface area (Å²) >= 11 is 0. The lowest BCUT2D eigenvalue weighted by Gasteiger charge is -2.20. The minimum Gasteiger partial charge on any atom is -0.486 e. The molecule has 0 unspecified atom stereocenters. The molecule has 7 heteroatoms. The number of anilines is 1. The first kappa shape index (κ1) is 15.2. The first-order valence-corrected chi connectivity index (χ1v) is 8.41. The molecule has 2 aromatic carbocycles. The van der Waals surface area contributed by atoms with E-state index in [4.69, 9.17) is 14.7 Å². The van der Waals surface area contributed by atoms with Gasteiger partial charge in [0, 0.05) is 6.07 Å². The van der Waals surface area contributed by atoms with Crippen molar-refractivity contribution >= 4 is 15.7 Å². The van der Waals surface area contributed by atoms with Gasteiger partial charge in [0.15, 0.2) is 11.5 Å². The average Bonchev–Trinajstić information content (AvgIpc) is 2.53. The number of ether oxygens (including phenoxy) is 2. The maximum absolute atomic E-state index is 12.6. The number of nitriles is 1. The topological polar surface area (TPSA) is 88.4 Å². The van der Waals surface area contributed by atoms with Gasteiger partial charge in [-0.05, 0) is 36.8 Å². The summed E-state index contributed by atoms with van der Waals surface area (Å²) in [6, 6.07) is 11.4. The third-order valence-electron chi connectivity index (χ3n) is 3.37. The first-order chi connectivity index (χ1) is 11.0. The van der Waals surface area contributed by atoms with Gasteiger partial charge in [0.2, 0.25) is 0 Å². The molecule has 0 bridgehead atoms. The molecule has 2 aromatic rings. The van der Waals surface area contributed by atoms with Gasteiger partial charge in [-0.15, -0.1) is 0 Å². The van der Waals surface area contributed by atoms with Gasteiger partial charge in [0.1, 0.15) is 13.2 Å². The van der Waals surface area contributed by atoms with Gasteiger partial charge in [-0.25, -0.2) is 8.42 Å². The van der Waals surface area contributed by atoms with Crippen molar-refractivity contribution in [1.82, 2.24) is 0 Å². The maximum atomic E-state index is 12.6. The molecule has 0 atom stereocenters. The van der Waals surface area contributed by atoms with Gasteiger partial charge in [0.05, 0.1) is 22.2 Å². The fourth-order valence-corrected chi connectivity index (χ4v) is 3.62. The predicted octanol–water partition coefficient (Wildman–Crippen LogP) is 2.44. The zero-order chi connectivity index (χ0) is 16.4. The monoisotopic (exact) mass is 330 g/mol. The van der Waals surface area contributed by atoms with Crippen molar-refractivity contribution in [2.45, 2.75) is 11.8 Å². The number of hydrogen-bond donors (Lipinski definition) is 1. The van der Waals surface area contributed by atoms with Gasteiger partial charge in [-0.1, -0.05) is 6.07 Å². The molecule has 0 saturated carbocycles. The number of aryl methyl sites for hydroxylation is 1. The highest BCUT2D eigenvalue weighted by molar-refractivity contribution is 7.92. The maximum Gasteiger partial charge on any atom is 0.262 e. The van der Waals surface area contributed by atoms with Crippen LogP contribution in [0, 0.1) is 18.3 Å². The number of rotatable bonds is 3. The summed E-state index contributed by atoms with van der Waals surface area (Å²) < 4.78 is 38.6. The van der Waals surface area contributed by atoms with Crippen molar-refractivity contribution in [2.75, 3.05) is 17.9 Å². The standard InChI is InChI=1S/C16H14N2O4S/c1-11-7-14-15(22-6-5-21-14)9-16(11)23(19,20)18-13-4-2-3-12(8-13)10-17/h2-4,7-9,18H,5-6H2,1H3. The minimum atomic E-state index is -3.80. The van der Waals surface area contributed by atoms with Gasteiger partial charge >= 0.3 is 0 Å². The molecule has 0 spiro atoms. The van der Waals surface area contributed by atoms with Crippen molar-refractivity contribution in [3.63, 3.8) is 0 Å². The molecule has 118 valence electrons. The van der Waals surface area contributed by atoms with Crippen LogP contribution >= 0.6 is 0 Å². The molecule has 0 aromatic heterocycles. The number of benzene rings is 2. The summed E-state index contributed by atoms with van der Waals surface area (Å²) in [5.74, 6) is 0.951. The smallest absolute Gasteiger partial charge is 0.262 e. The molecule has 0 fully saturated rings. The van der Waals surface area contributed by atoms with Crippen molar-refractivity contribution in [3.05, 3.63) is 47.5 Å². The van der Waals surface area contributed by atoms with Crippen LogP contribution in [-0.2, 0) is 10.0 Å². The lowest BCUT2D eigenvalue weighted by Crippen LogP contribution is -2.18. The Balaban J connectivity index is 1.98. The predicted molar refractivity (Wildman–Crippen MR) is 84.1 cm³/mol. The molecular weight excluding hydrogens is 316 g/mol. The molecule has 0 radical (unpaired) electrons. The van der Waals surface area contributed by atoms with E-state index in [9.17, 15) is 8.42 Å². The lowest BCUT2D eigenvalue weighted by atomic mass is 10.2. The van der Waals surface area contributed by atoms with Crippen LogP contribution in [0.25, 0.3) is 0 Å². The molecule has 1 aliphatic heterocycles.